The third-order valence-electron chi connectivity index (χ3n) is 5.52. The molecule has 184 valence electrons. The van der Waals surface area contributed by atoms with Crippen LogP contribution >= 0.6 is 0 Å². The number of hydrogen-bond acceptors (Lipinski definition) is 9. The number of quaternary nitrogens is 1. The van der Waals surface area contributed by atoms with Crippen molar-refractivity contribution < 1.29 is 53.8 Å². The molecule has 0 saturated carbocycles. The van der Waals surface area contributed by atoms with Crippen LogP contribution in [0.15, 0.2) is 24.3 Å². The monoisotopic (exact) mass is 469 g/mol. The maximum absolute atomic E-state index is 12.7. The zero-order valence-electron chi connectivity index (χ0n) is 18.6. The number of carboxylic acid groups (broad SMARTS) is 2. The molecule has 0 spiro atoms. The van der Waals surface area contributed by atoms with Gasteiger partial charge in [-0.05, 0) is 30.7 Å². The van der Waals surface area contributed by atoms with E-state index in [1.807, 2.05) is 0 Å². The highest BCUT2D eigenvalue weighted by molar-refractivity contribution is 5.90. The highest BCUT2D eigenvalue weighted by atomic mass is 16.8. The number of phenols is 1. The summed E-state index contributed by atoms with van der Waals surface area (Å²) < 4.78 is 10.4. The molecule has 1 aliphatic heterocycles. The summed E-state index contributed by atoms with van der Waals surface area (Å²) in [5.41, 5.74) is -3.21. The van der Waals surface area contributed by atoms with Gasteiger partial charge in [-0.1, -0.05) is 19.8 Å². The second-order valence-electron chi connectivity index (χ2n) is 8.08. The van der Waals surface area contributed by atoms with E-state index in [1.165, 1.54) is 24.3 Å². The van der Waals surface area contributed by atoms with Crippen LogP contribution in [0.4, 0.5) is 0 Å². The Morgan fingerprint density at radius 3 is 2.33 bits per heavy atom. The molecule has 1 aromatic carbocycles. The first kappa shape index (κ1) is 26.4. The van der Waals surface area contributed by atoms with E-state index in [9.17, 15) is 34.8 Å². The summed E-state index contributed by atoms with van der Waals surface area (Å²) in [5, 5.41) is 41.4. The lowest BCUT2D eigenvalue weighted by Gasteiger charge is -2.39. The van der Waals surface area contributed by atoms with Crippen LogP contribution in [0.2, 0.25) is 0 Å². The van der Waals surface area contributed by atoms with Crippen LogP contribution in [-0.4, -0.2) is 82.4 Å². The molecule has 33 heavy (non-hydrogen) atoms. The molecule has 11 heteroatoms. The third kappa shape index (κ3) is 7.31. The number of nitrogens with zero attached hydrogens (tertiary/aromatic N) is 1. The van der Waals surface area contributed by atoms with Gasteiger partial charge in [-0.25, -0.2) is 9.59 Å². The highest BCUT2D eigenvalue weighted by Gasteiger charge is 2.49. The number of carbonyl (C=O) groups is 3. The Morgan fingerprint density at radius 2 is 1.79 bits per heavy atom. The number of carboxylic acids is 2. The van der Waals surface area contributed by atoms with Crippen molar-refractivity contribution in [2.45, 2.75) is 50.7 Å². The molecule has 0 bridgehead atoms. The lowest BCUT2D eigenvalue weighted by atomic mass is 9.92. The number of benzene rings is 1. The zero-order valence-corrected chi connectivity index (χ0v) is 18.6. The van der Waals surface area contributed by atoms with Gasteiger partial charge in [0.15, 0.2) is 5.60 Å². The van der Waals surface area contributed by atoms with Gasteiger partial charge < -0.3 is 34.7 Å². The van der Waals surface area contributed by atoms with Crippen molar-refractivity contribution in [2.75, 3.05) is 32.8 Å². The minimum atomic E-state index is -3.21. The Morgan fingerprint density at radius 1 is 1.15 bits per heavy atom. The van der Waals surface area contributed by atoms with E-state index in [1.54, 1.807) is 0 Å². The minimum Gasteiger partial charge on any atom is -0.547 e. The molecule has 2 atom stereocenters. The molecule has 0 aliphatic carbocycles. The predicted octanol–water partition coefficient (Wildman–Crippen LogP) is -0.0192. The number of hydrogen-bond donors (Lipinski definition) is 3. The normalized spacial score (nSPS) is 18.0. The number of aromatic hydroxyl groups is 1. The SMILES string of the molecule is CCCCCC[N+]1(OC(=O)CC(O)(C(=O)[O-])C(Oc2ccc(O)cc2)C(=O)O)CCOCC1. The maximum Gasteiger partial charge on any atom is 0.370 e. The van der Waals surface area contributed by atoms with Gasteiger partial charge in [0, 0.05) is 6.42 Å². The van der Waals surface area contributed by atoms with Gasteiger partial charge in [0.25, 0.3) is 0 Å². The van der Waals surface area contributed by atoms with Gasteiger partial charge in [0.05, 0.1) is 25.6 Å². The van der Waals surface area contributed by atoms with Gasteiger partial charge >= 0.3 is 11.9 Å². The molecule has 0 amide bonds. The van der Waals surface area contributed by atoms with Crippen LogP contribution in [0.25, 0.3) is 0 Å². The van der Waals surface area contributed by atoms with Gasteiger partial charge in [0.1, 0.15) is 31.1 Å². The van der Waals surface area contributed by atoms with Gasteiger partial charge in [-0.15, -0.1) is 4.65 Å². The average molecular weight is 469 g/mol. The molecule has 0 aromatic heterocycles. The first-order valence-electron chi connectivity index (χ1n) is 10.9. The Bertz CT molecular complexity index is 806. The lowest BCUT2D eigenvalue weighted by molar-refractivity contribution is -1.09. The smallest absolute Gasteiger partial charge is 0.370 e. The van der Waals surface area contributed by atoms with E-state index in [-0.39, 0.29) is 16.1 Å². The summed E-state index contributed by atoms with van der Waals surface area (Å²) in [7, 11) is 0. The number of morpholine rings is 1. The van der Waals surface area contributed by atoms with Crippen molar-refractivity contribution in [3.05, 3.63) is 24.3 Å². The second kappa shape index (κ2) is 11.8. The molecule has 2 rings (SSSR count). The van der Waals surface area contributed by atoms with Crippen molar-refractivity contribution >= 4 is 17.9 Å². The third-order valence-corrected chi connectivity index (χ3v) is 5.52. The molecular weight excluding hydrogens is 438 g/mol. The lowest BCUT2D eigenvalue weighted by Crippen LogP contribution is -2.63. The summed E-state index contributed by atoms with van der Waals surface area (Å²) in [6, 6.07) is 4.74. The van der Waals surface area contributed by atoms with Crippen LogP contribution in [0.1, 0.15) is 39.0 Å². The molecule has 2 unspecified atom stereocenters. The number of aliphatic hydroxyl groups is 1. The minimum absolute atomic E-state index is 0.0950. The van der Waals surface area contributed by atoms with Crippen molar-refractivity contribution in [3.8, 4) is 11.5 Å². The summed E-state index contributed by atoms with van der Waals surface area (Å²) in [5.74, 6) is -5.38. The predicted molar refractivity (Wildman–Crippen MR) is 111 cm³/mol. The fourth-order valence-corrected chi connectivity index (χ4v) is 3.62. The average Bonchev–Trinajstić information content (AvgIpc) is 2.76. The van der Waals surface area contributed by atoms with Crippen molar-refractivity contribution in [2.24, 2.45) is 0 Å². The van der Waals surface area contributed by atoms with Crippen LogP contribution in [0.5, 0.6) is 11.5 Å². The Labute approximate surface area is 191 Å². The number of unbranched alkanes of at least 4 members (excludes halogenated alkanes) is 3. The standard InChI is InChI=1S/C22H31NO10/c1-2-3-4-5-10-23(11-13-31-14-12-23)33-18(25)15-22(30,21(28)29)19(20(26)27)32-17-8-6-16(24)7-9-17/h6-9,19,30H,2-5,10-15H2,1H3,(H2-,24,26,27,28,29). The maximum atomic E-state index is 12.7. The van der Waals surface area contributed by atoms with Crippen LogP contribution < -0.4 is 9.84 Å². The summed E-state index contributed by atoms with van der Waals surface area (Å²) in [4.78, 5) is 41.9. The molecule has 1 fully saturated rings. The molecule has 1 heterocycles. The topological polar surface area (TPSA) is 163 Å². The van der Waals surface area contributed by atoms with Crippen LogP contribution in [-0.2, 0) is 24.0 Å². The van der Waals surface area contributed by atoms with Crippen molar-refractivity contribution in [3.63, 3.8) is 0 Å². The molecular formula is C22H31NO10. The molecule has 0 radical (unpaired) electrons. The molecule has 1 aliphatic rings. The van der Waals surface area contributed by atoms with Gasteiger partial charge in [-0.2, -0.15) is 0 Å². The molecule has 3 N–H and O–H groups in total. The molecule has 11 nitrogen and oxygen atoms in total. The summed E-state index contributed by atoms with van der Waals surface area (Å²) in [6.45, 7) is 3.95. The number of phenolic OH excluding ortho intramolecular Hbond substituents is 1. The number of hydroxylamine groups is 3. The zero-order chi connectivity index (χ0) is 24.5. The largest absolute Gasteiger partial charge is 0.547 e. The van der Waals surface area contributed by atoms with E-state index in [2.05, 4.69) is 6.92 Å². The number of aliphatic carboxylic acids is 2. The molecule has 1 aromatic rings. The first-order chi connectivity index (χ1) is 15.6. The van der Waals surface area contributed by atoms with Crippen molar-refractivity contribution in [1.82, 2.24) is 0 Å². The van der Waals surface area contributed by atoms with Crippen molar-refractivity contribution in [1.29, 1.82) is 0 Å². The highest BCUT2D eigenvalue weighted by Crippen LogP contribution is 2.26. The number of rotatable bonds is 13. The molecule has 1 saturated heterocycles. The van der Waals surface area contributed by atoms with E-state index in [4.69, 9.17) is 14.3 Å². The number of ether oxygens (including phenoxy) is 2. The Hall–Kier alpha value is -2.89. The summed E-state index contributed by atoms with van der Waals surface area (Å²) >= 11 is 0. The van der Waals surface area contributed by atoms with Gasteiger partial charge in [0.2, 0.25) is 6.10 Å². The summed E-state index contributed by atoms with van der Waals surface area (Å²) in [6.07, 6.45) is 0.179. The number of carbonyl (C=O) groups excluding carboxylic acids is 2. The Kier molecular flexibility index (Phi) is 9.44. The quantitative estimate of drug-likeness (QED) is 0.264. The Balaban J connectivity index is 2.18. The van der Waals surface area contributed by atoms with Gasteiger partial charge in [-0.3, -0.25) is 4.84 Å². The van der Waals surface area contributed by atoms with E-state index in [0.29, 0.717) is 32.8 Å². The van der Waals surface area contributed by atoms with Crippen LogP contribution in [0, 0.1) is 0 Å². The van der Waals surface area contributed by atoms with E-state index in [0.717, 1.165) is 25.7 Å². The van der Waals surface area contributed by atoms with E-state index >= 15 is 0 Å². The second-order valence-corrected chi connectivity index (χ2v) is 8.08. The van der Waals surface area contributed by atoms with Crippen LogP contribution in [0.3, 0.4) is 0 Å². The van der Waals surface area contributed by atoms with E-state index < -0.39 is 36.0 Å². The first-order valence-corrected chi connectivity index (χ1v) is 10.9. The fourth-order valence-electron chi connectivity index (χ4n) is 3.62. The fraction of sp³-hybridized carbons (Fsp3) is 0.591.